The Bertz CT molecular complexity index is 189. The highest BCUT2D eigenvalue weighted by atomic mass is 16.6. The van der Waals surface area contributed by atoms with Crippen LogP contribution in [-0.2, 0) is 9.53 Å². The highest BCUT2D eigenvalue weighted by Gasteiger charge is 2.42. The average Bonchev–Trinajstić information content (AvgIpc) is 2.40. The lowest BCUT2D eigenvalue weighted by Gasteiger charge is -2.25. The number of rotatable bonds is 4. The van der Waals surface area contributed by atoms with Crippen molar-refractivity contribution in [1.82, 2.24) is 0 Å². The smallest absolute Gasteiger partial charge is 0.309 e. The first-order valence-electron chi connectivity index (χ1n) is 5.36. The lowest BCUT2D eigenvalue weighted by molar-refractivity contribution is -0.151. The summed E-state index contributed by atoms with van der Waals surface area (Å²) >= 11 is 0. The summed E-state index contributed by atoms with van der Waals surface area (Å²) in [6.07, 6.45) is 5.25. The van der Waals surface area contributed by atoms with Crippen molar-refractivity contribution in [3.8, 4) is 0 Å². The van der Waals surface area contributed by atoms with Crippen LogP contribution in [0.5, 0.6) is 0 Å². The van der Waals surface area contributed by atoms with Gasteiger partial charge < -0.3 is 4.74 Å². The summed E-state index contributed by atoms with van der Waals surface area (Å²) in [5, 5.41) is 0. The molecule has 1 fully saturated rings. The van der Waals surface area contributed by atoms with Gasteiger partial charge in [-0.25, -0.2) is 0 Å². The van der Waals surface area contributed by atoms with Crippen molar-refractivity contribution >= 4 is 5.97 Å². The van der Waals surface area contributed by atoms with E-state index in [1.807, 2.05) is 6.92 Å². The second kappa shape index (κ2) is 4.12. The molecule has 13 heavy (non-hydrogen) atoms. The molecule has 0 amide bonds. The summed E-state index contributed by atoms with van der Waals surface area (Å²) in [5.74, 6) is 0.106. The van der Waals surface area contributed by atoms with E-state index in [0.29, 0.717) is 0 Å². The third-order valence-electron chi connectivity index (χ3n) is 3.03. The molecule has 0 aromatic carbocycles. The SMILES string of the molecule is CCCCC1(CC)CC(C)C(=O)O1. The van der Waals surface area contributed by atoms with E-state index in [1.165, 1.54) is 6.42 Å². The van der Waals surface area contributed by atoms with Gasteiger partial charge in [-0.2, -0.15) is 0 Å². The van der Waals surface area contributed by atoms with Crippen LogP contribution in [-0.4, -0.2) is 11.6 Å². The van der Waals surface area contributed by atoms with Crippen LogP contribution in [0.2, 0.25) is 0 Å². The maximum Gasteiger partial charge on any atom is 0.309 e. The molecule has 1 heterocycles. The minimum Gasteiger partial charge on any atom is -0.459 e. The van der Waals surface area contributed by atoms with Crippen molar-refractivity contribution in [3.63, 3.8) is 0 Å². The maximum absolute atomic E-state index is 11.3. The number of esters is 1. The molecule has 1 aliphatic rings. The first-order chi connectivity index (χ1) is 6.13. The molecule has 76 valence electrons. The molecule has 2 atom stereocenters. The van der Waals surface area contributed by atoms with Crippen molar-refractivity contribution < 1.29 is 9.53 Å². The summed E-state index contributed by atoms with van der Waals surface area (Å²) in [6, 6.07) is 0. The minimum absolute atomic E-state index is 0.00190. The molecule has 0 bridgehead atoms. The monoisotopic (exact) mass is 184 g/mol. The highest BCUT2D eigenvalue weighted by Crippen LogP contribution is 2.37. The van der Waals surface area contributed by atoms with Gasteiger partial charge in [-0.05, 0) is 19.3 Å². The number of carbonyl (C=O) groups excluding carboxylic acids is 1. The number of unbranched alkanes of at least 4 members (excludes halogenated alkanes) is 1. The zero-order valence-corrected chi connectivity index (χ0v) is 8.93. The van der Waals surface area contributed by atoms with E-state index in [0.717, 1.165) is 25.7 Å². The van der Waals surface area contributed by atoms with Crippen LogP contribution in [0.3, 0.4) is 0 Å². The Morgan fingerprint density at radius 3 is 2.62 bits per heavy atom. The zero-order chi connectivity index (χ0) is 9.90. The van der Waals surface area contributed by atoms with Gasteiger partial charge in [0.2, 0.25) is 0 Å². The number of ether oxygens (including phenoxy) is 1. The fourth-order valence-electron chi connectivity index (χ4n) is 2.04. The Kier molecular flexibility index (Phi) is 3.34. The predicted molar refractivity (Wildman–Crippen MR) is 52.4 cm³/mol. The molecule has 1 aliphatic heterocycles. The molecule has 0 spiro atoms. The molecule has 0 aromatic heterocycles. The normalized spacial score (nSPS) is 33.5. The van der Waals surface area contributed by atoms with Gasteiger partial charge in [-0.1, -0.05) is 27.2 Å². The van der Waals surface area contributed by atoms with Gasteiger partial charge in [-0.15, -0.1) is 0 Å². The Labute approximate surface area is 80.7 Å². The average molecular weight is 184 g/mol. The van der Waals surface area contributed by atoms with Crippen LogP contribution in [0.25, 0.3) is 0 Å². The second-order valence-corrected chi connectivity index (χ2v) is 4.17. The number of carbonyl (C=O) groups is 1. The van der Waals surface area contributed by atoms with E-state index in [2.05, 4.69) is 13.8 Å². The molecule has 0 aliphatic carbocycles. The fraction of sp³-hybridized carbons (Fsp3) is 0.909. The number of hydrogen-bond acceptors (Lipinski definition) is 2. The summed E-state index contributed by atoms with van der Waals surface area (Å²) in [7, 11) is 0. The molecule has 1 saturated heterocycles. The Morgan fingerprint density at radius 2 is 2.23 bits per heavy atom. The molecule has 0 radical (unpaired) electrons. The fourth-order valence-corrected chi connectivity index (χ4v) is 2.04. The molecule has 0 aromatic rings. The minimum atomic E-state index is -0.119. The van der Waals surface area contributed by atoms with Gasteiger partial charge in [0.05, 0.1) is 5.92 Å². The van der Waals surface area contributed by atoms with Crippen molar-refractivity contribution in [2.75, 3.05) is 0 Å². The van der Waals surface area contributed by atoms with E-state index in [-0.39, 0.29) is 17.5 Å². The number of cyclic esters (lactones) is 1. The topological polar surface area (TPSA) is 26.3 Å². The largest absolute Gasteiger partial charge is 0.459 e. The van der Waals surface area contributed by atoms with E-state index >= 15 is 0 Å². The van der Waals surface area contributed by atoms with Crippen LogP contribution in [0.4, 0.5) is 0 Å². The molecule has 2 nitrogen and oxygen atoms in total. The van der Waals surface area contributed by atoms with Crippen LogP contribution in [0, 0.1) is 5.92 Å². The lowest BCUT2D eigenvalue weighted by Crippen LogP contribution is -2.27. The summed E-state index contributed by atoms with van der Waals surface area (Å²) < 4.78 is 5.47. The molecular formula is C11H20O2. The molecular weight excluding hydrogens is 164 g/mol. The van der Waals surface area contributed by atoms with Crippen molar-refractivity contribution in [2.24, 2.45) is 5.92 Å². The van der Waals surface area contributed by atoms with Gasteiger partial charge in [0, 0.05) is 6.42 Å². The van der Waals surface area contributed by atoms with E-state index in [1.54, 1.807) is 0 Å². The summed E-state index contributed by atoms with van der Waals surface area (Å²) in [4.78, 5) is 11.3. The van der Waals surface area contributed by atoms with Gasteiger partial charge in [0.15, 0.2) is 0 Å². The van der Waals surface area contributed by atoms with Crippen LogP contribution in [0.15, 0.2) is 0 Å². The second-order valence-electron chi connectivity index (χ2n) is 4.17. The van der Waals surface area contributed by atoms with Gasteiger partial charge in [0.1, 0.15) is 5.60 Å². The van der Waals surface area contributed by atoms with Crippen LogP contribution in [0.1, 0.15) is 52.9 Å². The maximum atomic E-state index is 11.3. The van der Waals surface area contributed by atoms with Gasteiger partial charge in [-0.3, -0.25) is 4.79 Å². The molecule has 2 heteroatoms. The molecule has 1 rings (SSSR count). The van der Waals surface area contributed by atoms with Gasteiger partial charge >= 0.3 is 5.97 Å². The summed E-state index contributed by atoms with van der Waals surface area (Å²) in [6.45, 7) is 6.25. The van der Waals surface area contributed by atoms with E-state index in [9.17, 15) is 4.79 Å². The molecule has 0 N–H and O–H groups in total. The van der Waals surface area contributed by atoms with Crippen molar-refractivity contribution in [2.45, 2.75) is 58.5 Å². The molecule has 2 unspecified atom stereocenters. The number of hydrogen-bond donors (Lipinski definition) is 0. The zero-order valence-electron chi connectivity index (χ0n) is 8.93. The lowest BCUT2D eigenvalue weighted by atomic mass is 9.88. The summed E-state index contributed by atoms with van der Waals surface area (Å²) in [5.41, 5.74) is -0.119. The van der Waals surface area contributed by atoms with E-state index in [4.69, 9.17) is 4.74 Å². The van der Waals surface area contributed by atoms with Crippen LogP contribution >= 0.6 is 0 Å². The third kappa shape index (κ3) is 2.23. The van der Waals surface area contributed by atoms with Crippen molar-refractivity contribution in [1.29, 1.82) is 0 Å². The molecule has 0 saturated carbocycles. The Morgan fingerprint density at radius 1 is 1.54 bits per heavy atom. The third-order valence-corrected chi connectivity index (χ3v) is 3.03. The first-order valence-corrected chi connectivity index (χ1v) is 5.36. The Balaban J connectivity index is 2.56. The predicted octanol–water partition coefficient (Wildman–Crippen LogP) is 2.91. The Hall–Kier alpha value is -0.530. The van der Waals surface area contributed by atoms with Crippen LogP contribution < -0.4 is 0 Å². The van der Waals surface area contributed by atoms with Gasteiger partial charge in [0.25, 0.3) is 0 Å². The standard InChI is InChI=1S/C11H20O2/c1-4-6-7-11(5-2)8-9(3)10(12)13-11/h9H,4-8H2,1-3H3. The van der Waals surface area contributed by atoms with E-state index < -0.39 is 0 Å². The quantitative estimate of drug-likeness (QED) is 0.628. The first kappa shape index (κ1) is 10.6. The highest BCUT2D eigenvalue weighted by molar-refractivity contribution is 5.74. The van der Waals surface area contributed by atoms with Crippen molar-refractivity contribution in [3.05, 3.63) is 0 Å².